The Hall–Kier alpha value is -6.77. The Morgan fingerprint density at radius 1 is 0.818 bits per heavy atom. The first kappa shape index (κ1) is 44.4. The van der Waals surface area contributed by atoms with Gasteiger partial charge in [0.2, 0.25) is 11.8 Å². The number of nitrogens with zero attached hydrogens (tertiary/aromatic N) is 3. The van der Waals surface area contributed by atoms with Gasteiger partial charge in [0.25, 0.3) is 5.91 Å². The molecule has 0 radical (unpaired) electrons. The van der Waals surface area contributed by atoms with Crippen LogP contribution in [0, 0.1) is 0 Å². The van der Waals surface area contributed by atoms with Crippen LogP contribution in [-0.2, 0) is 38.6 Å². The van der Waals surface area contributed by atoms with E-state index in [4.69, 9.17) is 36.4 Å². The fourth-order valence-corrected chi connectivity index (χ4v) is 4.44. The molecule has 4 aromatic rings. The molecule has 2 heterocycles. The second-order valence-electron chi connectivity index (χ2n) is 10.9. The number of hydrogen-bond acceptors (Lipinski definition) is 8. The summed E-state index contributed by atoms with van der Waals surface area (Å²) < 4.78 is 63.5. The number of hydrogen-bond donors (Lipinski definition) is 6. The van der Waals surface area contributed by atoms with E-state index in [1.165, 1.54) is 4.90 Å². The second kappa shape index (κ2) is 19.9. The number of halogens is 6. The van der Waals surface area contributed by atoms with E-state index in [1.54, 1.807) is 72.0 Å². The fraction of sp³-hybridized carbons (Fsp3) is 0.206. The van der Waals surface area contributed by atoms with E-state index in [2.05, 4.69) is 9.97 Å². The third-order valence-electron chi connectivity index (χ3n) is 6.96. The number of carbonyl (C=O) groups is 6. The van der Waals surface area contributed by atoms with Crippen LogP contribution in [0.4, 0.5) is 37.7 Å². The molecule has 3 aromatic carbocycles. The summed E-state index contributed by atoms with van der Waals surface area (Å²) in [4.78, 5) is 74.7. The Balaban J connectivity index is 0.000000285. The van der Waals surface area contributed by atoms with Gasteiger partial charge in [-0.25, -0.2) is 14.6 Å². The maximum absolute atomic E-state index is 12.6. The van der Waals surface area contributed by atoms with Crippen LogP contribution in [0.5, 0.6) is 0 Å². The first-order valence-electron chi connectivity index (χ1n) is 15.3. The number of anilines is 2. The number of aromatic amines is 1. The van der Waals surface area contributed by atoms with Crippen LogP contribution in [0.25, 0.3) is 0 Å². The number of alkyl halides is 6. The fourth-order valence-electron chi connectivity index (χ4n) is 4.44. The van der Waals surface area contributed by atoms with E-state index in [1.807, 2.05) is 18.2 Å². The number of nitrogens with one attached hydrogen (secondary N) is 1. The van der Waals surface area contributed by atoms with Crippen molar-refractivity contribution in [1.82, 2.24) is 9.97 Å². The molecule has 3 amide bonds. The highest BCUT2D eigenvalue weighted by molar-refractivity contribution is 6.08. The van der Waals surface area contributed by atoms with Crippen LogP contribution in [0.15, 0.2) is 85.3 Å². The van der Waals surface area contributed by atoms with Gasteiger partial charge in [0.1, 0.15) is 6.54 Å². The molecule has 1 aliphatic heterocycles. The molecule has 0 spiro atoms. The van der Waals surface area contributed by atoms with Crippen LogP contribution in [-0.4, -0.2) is 86.4 Å². The van der Waals surface area contributed by atoms with E-state index in [0.29, 0.717) is 29.9 Å². The van der Waals surface area contributed by atoms with E-state index in [-0.39, 0.29) is 18.2 Å². The minimum Gasteiger partial charge on any atom is -0.480 e. The predicted molar refractivity (Wildman–Crippen MR) is 181 cm³/mol. The SMILES string of the molecule is NC(=O)c1ccc2c(c1)N(C(=O)Cc1cnc[nH]1)CC2.NCc1cccc(C(=O)N(CC(=O)O)c2ccccc2)c1.O=C(O)C(F)(F)F.O=C(O)C(F)(F)F. The average molecular weight is 783 g/mol. The molecule has 5 rings (SSSR count). The number of carboxylic acid groups (broad SMARTS) is 3. The molecule has 0 bridgehead atoms. The standard InChI is InChI=1S/C16H16N2O3.C14H14N4O2.2C2HF3O2/c17-10-12-5-4-6-13(9-12)16(21)18(11-15(19)20)14-7-2-1-3-8-14;15-14(20)10-2-1-9-3-4-18(12(9)5-10)13(19)6-11-7-16-8-17-11;2*3-2(4,5)1(6)7/h1-9H,10-11,17H2,(H,19,20);1-2,5,7-8H,3-4,6H2,(H2,15,20)(H,16,17);2*(H,6,7). The van der Waals surface area contributed by atoms with Crippen molar-refractivity contribution < 1.29 is 70.4 Å². The first-order valence-corrected chi connectivity index (χ1v) is 15.3. The summed E-state index contributed by atoms with van der Waals surface area (Å²) in [5.41, 5.74) is 15.7. The third kappa shape index (κ3) is 14.3. The van der Waals surface area contributed by atoms with Crippen molar-refractivity contribution in [1.29, 1.82) is 0 Å². The molecule has 1 aliphatic rings. The molecule has 0 saturated heterocycles. The normalized spacial score (nSPS) is 11.6. The third-order valence-corrected chi connectivity index (χ3v) is 6.96. The number of fused-ring (bicyclic) bond motifs is 1. The Kier molecular flexibility index (Phi) is 16.1. The number of amides is 3. The molecule has 8 N–H and O–H groups in total. The summed E-state index contributed by atoms with van der Waals surface area (Å²) in [5.74, 6) is -7.45. The highest BCUT2D eigenvalue weighted by Crippen LogP contribution is 2.29. The Morgan fingerprint density at radius 2 is 1.42 bits per heavy atom. The number of primary amides is 1. The van der Waals surface area contributed by atoms with Gasteiger partial charge < -0.3 is 36.7 Å². The van der Waals surface area contributed by atoms with E-state index < -0.39 is 42.7 Å². The topological polar surface area (TPSA) is 250 Å². The van der Waals surface area contributed by atoms with Crippen molar-refractivity contribution in [3.8, 4) is 0 Å². The van der Waals surface area contributed by atoms with Gasteiger partial charge in [-0.3, -0.25) is 24.1 Å². The summed E-state index contributed by atoms with van der Waals surface area (Å²) in [7, 11) is 0. The largest absolute Gasteiger partial charge is 0.490 e. The molecular weight excluding hydrogens is 750 g/mol. The number of aliphatic carboxylic acids is 3. The summed E-state index contributed by atoms with van der Waals surface area (Å²) in [6, 6.07) is 20.9. The highest BCUT2D eigenvalue weighted by atomic mass is 19.4. The first-order chi connectivity index (χ1) is 25.6. The number of carboxylic acids is 3. The smallest absolute Gasteiger partial charge is 0.480 e. The van der Waals surface area contributed by atoms with Crippen molar-refractivity contribution >= 4 is 47.0 Å². The quantitative estimate of drug-likeness (QED) is 0.140. The summed E-state index contributed by atoms with van der Waals surface area (Å²) in [6.07, 6.45) is -5.93. The lowest BCUT2D eigenvalue weighted by atomic mass is 10.1. The Morgan fingerprint density at radius 3 is 1.91 bits per heavy atom. The molecule has 21 heteroatoms. The number of carbonyl (C=O) groups excluding carboxylic acids is 3. The van der Waals surface area contributed by atoms with Crippen LogP contribution >= 0.6 is 0 Å². The van der Waals surface area contributed by atoms with Crippen molar-refractivity contribution in [2.75, 3.05) is 22.9 Å². The maximum Gasteiger partial charge on any atom is 0.490 e. The van der Waals surface area contributed by atoms with E-state index in [9.17, 15) is 45.5 Å². The average Bonchev–Trinajstić information content (AvgIpc) is 3.80. The van der Waals surface area contributed by atoms with Gasteiger partial charge in [0, 0.05) is 47.5 Å². The van der Waals surface area contributed by atoms with Crippen LogP contribution in [0.3, 0.4) is 0 Å². The molecule has 15 nitrogen and oxygen atoms in total. The minimum absolute atomic E-state index is 0.0189. The summed E-state index contributed by atoms with van der Waals surface area (Å²) in [6.45, 7) is 0.561. The number of imidazole rings is 1. The molecule has 0 aliphatic carbocycles. The zero-order valence-corrected chi connectivity index (χ0v) is 28.2. The number of H-pyrrole nitrogens is 1. The molecule has 1 aromatic heterocycles. The van der Waals surface area contributed by atoms with Crippen LogP contribution < -0.4 is 21.3 Å². The number of rotatable bonds is 8. The van der Waals surface area contributed by atoms with Crippen LogP contribution in [0.2, 0.25) is 0 Å². The van der Waals surface area contributed by atoms with Crippen LogP contribution in [0.1, 0.15) is 37.5 Å². The lowest BCUT2D eigenvalue weighted by molar-refractivity contribution is -0.193. The maximum atomic E-state index is 12.6. The van der Waals surface area contributed by atoms with Gasteiger partial charge in [0.05, 0.1) is 12.7 Å². The van der Waals surface area contributed by atoms with Gasteiger partial charge in [-0.1, -0.05) is 36.4 Å². The van der Waals surface area contributed by atoms with Crippen molar-refractivity contribution in [2.24, 2.45) is 11.5 Å². The van der Waals surface area contributed by atoms with Crippen molar-refractivity contribution in [3.05, 3.63) is 113 Å². The van der Waals surface area contributed by atoms with Crippen molar-refractivity contribution in [3.63, 3.8) is 0 Å². The Labute approximate surface area is 306 Å². The second-order valence-corrected chi connectivity index (χ2v) is 10.9. The molecular formula is C34H32F6N6O9. The summed E-state index contributed by atoms with van der Waals surface area (Å²) in [5, 5.41) is 23.3. The lowest BCUT2D eigenvalue weighted by Gasteiger charge is -2.21. The number of nitrogens with two attached hydrogens (primary N) is 2. The number of benzene rings is 3. The van der Waals surface area contributed by atoms with Crippen molar-refractivity contribution in [2.45, 2.75) is 31.7 Å². The monoisotopic (exact) mass is 782 g/mol. The van der Waals surface area contributed by atoms with E-state index in [0.717, 1.165) is 28.9 Å². The molecule has 294 valence electrons. The van der Waals surface area contributed by atoms with E-state index >= 15 is 0 Å². The summed E-state index contributed by atoms with van der Waals surface area (Å²) >= 11 is 0. The predicted octanol–water partition coefficient (Wildman–Crippen LogP) is 3.78. The highest BCUT2D eigenvalue weighted by Gasteiger charge is 2.39. The van der Waals surface area contributed by atoms with Gasteiger partial charge >= 0.3 is 30.3 Å². The minimum atomic E-state index is -5.08. The molecule has 0 atom stereocenters. The zero-order chi connectivity index (χ0) is 41.5. The molecule has 0 fully saturated rings. The Bertz CT molecular complexity index is 1930. The zero-order valence-electron chi connectivity index (χ0n) is 28.2. The lowest BCUT2D eigenvalue weighted by Crippen LogP contribution is -2.35. The van der Waals surface area contributed by atoms with Gasteiger partial charge in [-0.05, 0) is 53.9 Å². The number of para-hydroxylation sites is 1. The van der Waals surface area contributed by atoms with Gasteiger partial charge in [-0.2, -0.15) is 26.3 Å². The molecule has 0 unspecified atom stereocenters. The van der Waals surface area contributed by atoms with Gasteiger partial charge in [0.15, 0.2) is 0 Å². The molecule has 0 saturated carbocycles. The number of aromatic nitrogens is 2. The van der Waals surface area contributed by atoms with Gasteiger partial charge in [-0.15, -0.1) is 0 Å². The molecule has 55 heavy (non-hydrogen) atoms.